The number of carbonyl (C=O) groups excluding carboxylic acids is 1. The van der Waals surface area contributed by atoms with Gasteiger partial charge in [-0.05, 0) is 67.0 Å². The Morgan fingerprint density at radius 3 is 2.78 bits per heavy atom. The van der Waals surface area contributed by atoms with Crippen molar-refractivity contribution >= 4 is 23.2 Å². The molecule has 3 N–H and O–H groups in total. The number of anilines is 1. The smallest absolute Gasteiger partial charge is 0.256 e. The maximum absolute atomic E-state index is 12.5. The highest BCUT2D eigenvalue weighted by atomic mass is 16.3. The van der Waals surface area contributed by atoms with Crippen molar-refractivity contribution in [2.24, 2.45) is 11.8 Å². The Hall–Kier alpha value is -2.37. The van der Waals surface area contributed by atoms with Crippen LogP contribution in [0.3, 0.4) is 0 Å². The van der Waals surface area contributed by atoms with E-state index in [1.807, 2.05) is 24.3 Å². The normalized spacial score (nSPS) is 25.0. The van der Waals surface area contributed by atoms with E-state index in [0.717, 1.165) is 40.9 Å². The molecule has 1 saturated carbocycles. The van der Waals surface area contributed by atoms with Crippen molar-refractivity contribution in [1.82, 2.24) is 9.88 Å². The van der Waals surface area contributed by atoms with E-state index in [-0.39, 0.29) is 12.5 Å². The molecule has 0 unspecified atom stereocenters. The second-order valence-corrected chi connectivity index (χ2v) is 8.27. The lowest BCUT2D eigenvalue weighted by molar-refractivity contribution is -0.110. The molecule has 2 fully saturated rings. The van der Waals surface area contributed by atoms with Crippen molar-refractivity contribution in [2.75, 3.05) is 18.4 Å². The highest BCUT2D eigenvalue weighted by molar-refractivity contribution is 6.34. The fraction of sp³-hybridized carbons (Fsp3) is 0.409. The van der Waals surface area contributed by atoms with Crippen LogP contribution in [0, 0.1) is 25.7 Å². The molecule has 2 atom stereocenters. The van der Waals surface area contributed by atoms with Crippen molar-refractivity contribution in [3.63, 3.8) is 0 Å². The Bertz CT molecular complexity index is 962. The molecule has 5 nitrogen and oxygen atoms in total. The van der Waals surface area contributed by atoms with E-state index >= 15 is 0 Å². The van der Waals surface area contributed by atoms with Crippen LogP contribution in [0.1, 0.15) is 40.1 Å². The number of hydrogen-bond donors (Lipinski definition) is 3. The second-order valence-electron chi connectivity index (χ2n) is 8.27. The number of benzene rings is 1. The number of H-pyrrole nitrogens is 1. The number of likely N-dealkylation sites (tertiary alicyclic amines) is 1. The zero-order valence-corrected chi connectivity index (χ0v) is 15.8. The summed E-state index contributed by atoms with van der Waals surface area (Å²) in [5.74, 6) is 1.78. The van der Waals surface area contributed by atoms with Crippen LogP contribution < -0.4 is 5.32 Å². The Morgan fingerprint density at radius 1 is 1.26 bits per heavy atom. The maximum atomic E-state index is 12.5. The van der Waals surface area contributed by atoms with Gasteiger partial charge in [-0.2, -0.15) is 0 Å². The van der Waals surface area contributed by atoms with Gasteiger partial charge in [0, 0.05) is 42.3 Å². The van der Waals surface area contributed by atoms with Gasteiger partial charge in [-0.3, -0.25) is 9.69 Å². The summed E-state index contributed by atoms with van der Waals surface area (Å²) in [6, 6.07) is 5.59. The third-order valence-corrected chi connectivity index (χ3v) is 6.41. The third-order valence-electron chi connectivity index (χ3n) is 6.41. The standard InChI is InChI=1S/C22H25N3O2/c1-12-19(10-25-8-15-6-16(15)9-25)13(2)23-21(12)7-18-17-5-14(11-26)3-4-20(17)24-22(18)27/h3-5,7,15-16,23,26H,6,8-11H2,1-2H3,(H,24,27)/b18-7-/t15-,16+. The molecule has 2 aliphatic heterocycles. The lowest BCUT2D eigenvalue weighted by atomic mass is 10.0. The average molecular weight is 363 g/mol. The van der Waals surface area contributed by atoms with Gasteiger partial charge in [-0.25, -0.2) is 0 Å². The van der Waals surface area contributed by atoms with E-state index in [4.69, 9.17) is 0 Å². The summed E-state index contributed by atoms with van der Waals surface area (Å²) in [6.07, 6.45) is 3.37. The van der Waals surface area contributed by atoms with Gasteiger partial charge in [0.05, 0.1) is 12.2 Å². The number of aliphatic hydroxyl groups excluding tert-OH is 1. The Kier molecular flexibility index (Phi) is 3.78. The van der Waals surface area contributed by atoms with Crippen LogP contribution >= 0.6 is 0 Å². The number of hydrogen-bond acceptors (Lipinski definition) is 3. The molecule has 1 aromatic carbocycles. The predicted octanol–water partition coefficient (Wildman–Crippen LogP) is 3.07. The monoisotopic (exact) mass is 363 g/mol. The van der Waals surface area contributed by atoms with E-state index in [1.165, 1.54) is 36.3 Å². The number of nitrogens with one attached hydrogen (secondary N) is 2. The quantitative estimate of drug-likeness (QED) is 0.732. The number of aryl methyl sites for hydroxylation is 1. The molecule has 3 aliphatic rings. The van der Waals surface area contributed by atoms with E-state index in [9.17, 15) is 9.90 Å². The van der Waals surface area contributed by atoms with Crippen molar-refractivity contribution in [3.05, 3.63) is 51.8 Å². The first kappa shape index (κ1) is 16.8. The van der Waals surface area contributed by atoms with Crippen molar-refractivity contribution in [3.8, 4) is 0 Å². The molecule has 1 saturated heterocycles. The topological polar surface area (TPSA) is 68.4 Å². The number of aromatic nitrogens is 1. The fourth-order valence-electron chi connectivity index (χ4n) is 4.67. The molecule has 0 spiro atoms. The molecule has 140 valence electrons. The molecular weight excluding hydrogens is 338 g/mol. The zero-order chi connectivity index (χ0) is 18.7. The summed E-state index contributed by atoms with van der Waals surface area (Å²) >= 11 is 0. The SMILES string of the molecule is Cc1[nH]c(/C=C2\C(=O)Nc3ccc(CO)cc32)c(C)c1CN1C[C@H]2C[C@H]2C1. The van der Waals surface area contributed by atoms with Gasteiger partial charge in [0.15, 0.2) is 0 Å². The van der Waals surface area contributed by atoms with E-state index in [2.05, 4.69) is 29.0 Å². The minimum absolute atomic E-state index is 0.0304. The molecule has 5 heteroatoms. The van der Waals surface area contributed by atoms with Crippen LogP contribution in [-0.2, 0) is 17.9 Å². The highest BCUT2D eigenvalue weighted by Crippen LogP contribution is 2.45. The summed E-state index contributed by atoms with van der Waals surface area (Å²) < 4.78 is 0. The first-order valence-electron chi connectivity index (χ1n) is 9.71. The van der Waals surface area contributed by atoms with Gasteiger partial charge < -0.3 is 15.4 Å². The first-order valence-corrected chi connectivity index (χ1v) is 9.71. The highest BCUT2D eigenvalue weighted by Gasteiger charge is 2.44. The molecule has 5 rings (SSSR count). The molecule has 1 aliphatic carbocycles. The third kappa shape index (κ3) is 2.82. The van der Waals surface area contributed by atoms with Crippen LogP contribution in [0.15, 0.2) is 18.2 Å². The van der Waals surface area contributed by atoms with Crippen molar-refractivity contribution in [1.29, 1.82) is 0 Å². The fourth-order valence-corrected chi connectivity index (χ4v) is 4.67. The van der Waals surface area contributed by atoms with Gasteiger partial charge in [0.1, 0.15) is 0 Å². The number of nitrogens with zero attached hydrogens (tertiary/aromatic N) is 1. The number of aromatic amines is 1. The molecule has 1 amide bonds. The van der Waals surface area contributed by atoms with Crippen LogP contribution in [0.2, 0.25) is 0 Å². The molecule has 27 heavy (non-hydrogen) atoms. The number of rotatable bonds is 4. The van der Waals surface area contributed by atoms with Crippen LogP contribution in [0.5, 0.6) is 0 Å². The number of piperidine rings is 1. The Morgan fingerprint density at radius 2 is 2.04 bits per heavy atom. The number of aliphatic hydroxyl groups is 1. The number of fused-ring (bicyclic) bond motifs is 2. The van der Waals surface area contributed by atoms with E-state index in [0.29, 0.717) is 5.57 Å². The van der Waals surface area contributed by atoms with Crippen molar-refractivity contribution in [2.45, 2.75) is 33.4 Å². The van der Waals surface area contributed by atoms with Gasteiger partial charge in [-0.1, -0.05) is 6.07 Å². The van der Waals surface area contributed by atoms with Crippen LogP contribution in [0.4, 0.5) is 5.69 Å². The molecular formula is C22H25N3O2. The lowest BCUT2D eigenvalue weighted by Gasteiger charge is -2.17. The molecule has 0 bridgehead atoms. The lowest BCUT2D eigenvalue weighted by Crippen LogP contribution is -2.22. The second kappa shape index (κ2) is 6.08. The van der Waals surface area contributed by atoms with Crippen molar-refractivity contribution < 1.29 is 9.90 Å². The molecule has 0 radical (unpaired) electrons. The van der Waals surface area contributed by atoms with E-state index in [1.54, 1.807) is 0 Å². The van der Waals surface area contributed by atoms with Gasteiger partial charge in [-0.15, -0.1) is 0 Å². The first-order chi connectivity index (χ1) is 13.0. The zero-order valence-electron chi connectivity index (χ0n) is 15.8. The van der Waals surface area contributed by atoms with Gasteiger partial charge >= 0.3 is 0 Å². The molecule has 1 aromatic heterocycles. The number of amides is 1. The molecule has 2 aromatic rings. The summed E-state index contributed by atoms with van der Waals surface area (Å²) in [7, 11) is 0. The summed E-state index contributed by atoms with van der Waals surface area (Å²) in [5, 5.41) is 12.3. The summed E-state index contributed by atoms with van der Waals surface area (Å²) in [6.45, 7) is 7.67. The Labute approximate surface area is 159 Å². The molecule has 3 heterocycles. The van der Waals surface area contributed by atoms with Gasteiger partial charge in [0.2, 0.25) is 0 Å². The average Bonchev–Trinajstić information content (AvgIpc) is 3.01. The van der Waals surface area contributed by atoms with Crippen LogP contribution in [0.25, 0.3) is 11.6 Å². The summed E-state index contributed by atoms with van der Waals surface area (Å²) in [4.78, 5) is 18.5. The maximum Gasteiger partial charge on any atom is 0.256 e. The predicted molar refractivity (Wildman–Crippen MR) is 106 cm³/mol. The van der Waals surface area contributed by atoms with E-state index < -0.39 is 0 Å². The Balaban J connectivity index is 1.47. The summed E-state index contributed by atoms with van der Waals surface area (Å²) in [5.41, 5.74) is 7.88. The number of carbonyl (C=O) groups is 1. The van der Waals surface area contributed by atoms with Crippen LogP contribution in [-0.4, -0.2) is 34.0 Å². The minimum atomic E-state index is -0.0899. The van der Waals surface area contributed by atoms with Gasteiger partial charge in [0.25, 0.3) is 5.91 Å². The minimum Gasteiger partial charge on any atom is -0.392 e. The largest absolute Gasteiger partial charge is 0.392 e.